The minimum atomic E-state index is -1.23. The number of aliphatic carboxylic acids is 1. The Bertz CT molecular complexity index is 504. The van der Waals surface area contributed by atoms with Crippen molar-refractivity contribution in [2.24, 2.45) is 0 Å². The summed E-state index contributed by atoms with van der Waals surface area (Å²) >= 11 is 1.48. The summed E-state index contributed by atoms with van der Waals surface area (Å²) in [6.07, 6.45) is 0.379. The lowest BCUT2D eigenvalue weighted by Crippen LogP contribution is -2.55. The second kappa shape index (κ2) is 5.48. The Hall–Kier alpha value is -1.76. The van der Waals surface area contributed by atoms with Crippen LogP contribution in [0.25, 0.3) is 0 Å². The first kappa shape index (κ1) is 13.7. The van der Waals surface area contributed by atoms with Gasteiger partial charge in [-0.2, -0.15) is 11.8 Å². The average molecular weight is 284 g/mol. The van der Waals surface area contributed by atoms with E-state index in [0.717, 1.165) is 6.07 Å². The van der Waals surface area contributed by atoms with Gasteiger partial charge in [0.2, 0.25) is 0 Å². The van der Waals surface area contributed by atoms with E-state index in [2.05, 4.69) is 10.6 Å². The molecule has 1 unspecified atom stereocenters. The molecule has 1 fully saturated rings. The second-order valence-corrected chi connectivity index (χ2v) is 5.38. The number of thioether (sulfide) groups is 1. The van der Waals surface area contributed by atoms with Crippen molar-refractivity contribution in [2.45, 2.75) is 12.0 Å². The molecule has 1 aliphatic rings. The van der Waals surface area contributed by atoms with Gasteiger partial charge in [0, 0.05) is 11.4 Å². The minimum absolute atomic E-state index is 0.281. The Morgan fingerprint density at radius 3 is 2.79 bits per heavy atom. The highest BCUT2D eigenvalue weighted by Crippen LogP contribution is 2.28. The third kappa shape index (κ3) is 3.17. The van der Waals surface area contributed by atoms with E-state index in [1.165, 1.54) is 30.0 Å². The van der Waals surface area contributed by atoms with E-state index < -0.39 is 23.4 Å². The molecular weight excluding hydrogens is 271 g/mol. The number of carboxylic acids is 1. The van der Waals surface area contributed by atoms with Crippen LogP contribution in [0.1, 0.15) is 6.42 Å². The third-order valence-electron chi connectivity index (χ3n) is 2.87. The maximum Gasteiger partial charge on any atom is 0.330 e. The largest absolute Gasteiger partial charge is 0.479 e. The molecule has 2 amide bonds. The van der Waals surface area contributed by atoms with E-state index in [4.69, 9.17) is 0 Å². The lowest BCUT2D eigenvalue weighted by Gasteiger charge is -2.24. The molecule has 19 heavy (non-hydrogen) atoms. The number of amides is 2. The number of carboxylic acid groups (broad SMARTS) is 1. The summed E-state index contributed by atoms with van der Waals surface area (Å²) in [7, 11) is 0. The van der Waals surface area contributed by atoms with Crippen molar-refractivity contribution in [3.8, 4) is 0 Å². The first-order chi connectivity index (χ1) is 9.02. The predicted molar refractivity (Wildman–Crippen MR) is 70.9 cm³/mol. The van der Waals surface area contributed by atoms with Crippen molar-refractivity contribution in [3.05, 3.63) is 30.1 Å². The van der Waals surface area contributed by atoms with Crippen LogP contribution in [0.3, 0.4) is 0 Å². The van der Waals surface area contributed by atoms with Crippen LogP contribution in [-0.4, -0.2) is 34.2 Å². The van der Waals surface area contributed by atoms with Crippen molar-refractivity contribution in [1.82, 2.24) is 5.32 Å². The number of urea groups is 1. The molecule has 102 valence electrons. The molecule has 1 aliphatic heterocycles. The fourth-order valence-corrected chi connectivity index (χ4v) is 3.16. The number of nitrogens with one attached hydrogen (secondary N) is 2. The molecule has 0 radical (unpaired) electrons. The summed E-state index contributed by atoms with van der Waals surface area (Å²) in [6.45, 7) is 0. The Morgan fingerprint density at radius 2 is 2.21 bits per heavy atom. The normalized spacial score (nSPS) is 21.9. The van der Waals surface area contributed by atoms with Crippen molar-refractivity contribution in [1.29, 1.82) is 0 Å². The summed E-state index contributed by atoms with van der Waals surface area (Å²) < 4.78 is 13.0. The maximum atomic E-state index is 13.0. The first-order valence-corrected chi connectivity index (χ1v) is 6.83. The number of anilines is 1. The van der Waals surface area contributed by atoms with Crippen LogP contribution in [0.4, 0.5) is 14.9 Å². The molecular formula is C12H13FN2O3S. The molecule has 0 spiro atoms. The zero-order chi connectivity index (χ0) is 13.9. The molecule has 0 aromatic heterocycles. The third-order valence-corrected chi connectivity index (χ3v) is 4.06. The summed E-state index contributed by atoms with van der Waals surface area (Å²) in [6, 6.07) is 4.77. The molecule has 1 aromatic rings. The van der Waals surface area contributed by atoms with E-state index in [0.29, 0.717) is 17.9 Å². The quantitative estimate of drug-likeness (QED) is 0.792. The average Bonchev–Trinajstić information content (AvgIpc) is 2.78. The fourth-order valence-electron chi connectivity index (χ4n) is 1.83. The Morgan fingerprint density at radius 1 is 1.42 bits per heavy atom. The number of hydrogen-bond acceptors (Lipinski definition) is 3. The number of hydrogen-bond donors (Lipinski definition) is 3. The van der Waals surface area contributed by atoms with Gasteiger partial charge in [0.05, 0.1) is 0 Å². The fraction of sp³-hybridized carbons (Fsp3) is 0.333. The van der Waals surface area contributed by atoms with Crippen LogP contribution >= 0.6 is 11.8 Å². The highest BCUT2D eigenvalue weighted by atomic mass is 32.2. The molecule has 7 heteroatoms. The highest BCUT2D eigenvalue weighted by Gasteiger charge is 2.43. The SMILES string of the molecule is O=C(Nc1cccc(F)c1)NC1(C(=O)O)CCSC1. The summed E-state index contributed by atoms with van der Waals surface area (Å²) in [5.41, 5.74) is -0.953. The molecule has 3 N–H and O–H groups in total. The van der Waals surface area contributed by atoms with Crippen LogP contribution in [-0.2, 0) is 4.79 Å². The van der Waals surface area contributed by atoms with Gasteiger partial charge in [-0.1, -0.05) is 6.07 Å². The van der Waals surface area contributed by atoms with Crippen LogP contribution < -0.4 is 10.6 Å². The van der Waals surface area contributed by atoms with Crippen molar-refractivity contribution >= 4 is 29.4 Å². The van der Waals surface area contributed by atoms with E-state index in [1.807, 2.05) is 0 Å². The standard InChI is InChI=1S/C12H13FN2O3S/c13-8-2-1-3-9(6-8)14-11(18)15-12(10(16)17)4-5-19-7-12/h1-3,6H,4-5,7H2,(H,16,17)(H2,14,15,18). The van der Waals surface area contributed by atoms with E-state index in [-0.39, 0.29) is 5.69 Å². The van der Waals surface area contributed by atoms with E-state index in [9.17, 15) is 19.1 Å². The highest BCUT2D eigenvalue weighted by molar-refractivity contribution is 7.99. The van der Waals surface area contributed by atoms with E-state index >= 15 is 0 Å². The Labute approximate surface area is 113 Å². The van der Waals surface area contributed by atoms with Crippen LogP contribution in [0, 0.1) is 5.82 Å². The lowest BCUT2D eigenvalue weighted by molar-refractivity contribution is -0.143. The zero-order valence-corrected chi connectivity index (χ0v) is 10.8. The summed E-state index contributed by atoms with van der Waals surface area (Å²) in [5, 5.41) is 14.1. The van der Waals surface area contributed by atoms with Gasteiger partial charge in [0.1, 0.15) is 11.4 Å². The van der Waals surface area contributed by atoms with Gasteiger partial charge in [-0.3, -0.25) is 0 Å². The molecule has 0 saturated carbocycles. The van der Waals surface area contributed by atoms with Gasteiger partial charge in [-0.15, -0.1) is 0 Å². The maximum absolute atomic E-state index is 13.0. The van der Waals surface area contributed by atoms with E-state index in [1.54, 1.807) is 0 Å². The topological polar surface area (TPSA) is 78.4 Å². The van der Waals surface area contributed by atoms with Crippen LogP contribution in [0.15, 0.2) is 24.3 Å². The lowest BCUT2D eigenvalue weighted by atomic mass is 10.00. The van der Waals surface area contributed by atoms with Crippen LogP contribution in [0.5, 0.6) is 0 Å². The molecule has 1 atom stereocenters. The van der Waals surface area contributed by atoms with Gasteiger partial charge < -0.3 is 15.7 Å². The number of carbonyl (C=O) groups excluding carboxylic acids is 1. The molecule has 1 saturated heterocycles. The molecule has 0 bridgehead atoms. The predicted octanol–water partition coefficient (Wildman–Crippen LogP) is 1.91. The number of benzene rings is 1. The molecule has 1 heterocycles. The molecule has 5 nitrogen and oxygen atoms in total. The molecule has 1 aromatic carbocycles. The van der Waals surface area contributed by atoms with Gasteiger partial charge in [0.15, 0.2) is 0 Å². The summed E-state index contributed by atoms with van der Waals surface area (Å²) in [5.74, 6) is -0.500. The van der Waals surface area contributed by atoms with Gasteiger partial charge in [-0.05, 0) is 30.4 Å². The first-order valence-electron chi connectivity index (χ1n) is 5.68. The summed E-state index contributed by atoms with van der Waals surface area (Å²) in [4.78, 5) is 23.0. The minimum Gasteiger partial charge on any atom is -0.479 e. The van der Waals surface area contributed by atoms with Crippen molar-refractivity contribution in [3.63, 3.8) is 0 Å². The monoisotopic (exact) mass is 284 g/mol. The van der Waals surface area contributed by atoms with Gasteiger partial charge >= 0.3 is 12.0 Å². The van der Waals surface area contributed by atoms with Gasteiger partial charge in [0.25, 0.3) is 0 Å². The second-order valence-electron chi connectivity index (χ2n) is 4.28. The van der Waals surface area contributed by atoms with Crippen molar-refractivity contribution < 1.29 is 19.1 Å². The molecule has 2 rings (SSSR count). The zero-order valence-electron chi connectivity index (χ0n) is 9.98. The van der Waals surface area contributed by atoms with Crippen molar-refractivity contribution in [2.75, 3.05) is 16.8 Å². The number of rotatable bonds is 3. The van der Waals surface area contributed by atoms with Gasteiger partial charge in [-0.25, -0.2) is 14.0 Å². The Kier molecular flexibility index (Phi) is 3.94. The van der Waals surface area contributed by atoms with Crippen LogP contribution in [0.2, 0.25) is 0 Å². The Balaban J connectivity index is 2.02. The smallest absolute Gasteiger partial charge is 0.330 e. The number of carbonyl (C=O) groups is 2. The molecule has 0 aliphatic carbocycles. The number of halogens is 1.